The Kier molecular flexibility index (Phi) is 3.86. The summed E-state index contributed by atoms with van der Waals surface area (Å²) in [5.41, 5.74) is 0. The fourth-order valence-corrected chi connectivity index (χ4v) is 1.89. The van der Waals surface area contributed by atoms with Gasteiger partial charge in [-0.15, -0.1) is 0 Å². The Bertz CT molecular complexity index is 209. The molecule has 5 heteroatoms. The van der Waals surface area contributed by atoms with Crippen LogP contribution in [0.1, 0.15) is 6.92 Å². The van der Waals surface area contributed by atoms with E-state index >= 15 is 0 Å². The zero-order chi connectivity index (χ0) is 10.7. The van der Waals surface area contributed by atoms with Gasteiger partial charge >= 0.3 is 5.97 Å². The van der Waals surface area contributed by atoms with Crippen molar-refractivity contribution in [1.29, 1.82) is 0 Å². The van der Waals surface area contributed by atoms with Gasteiger partial charge < -0.3 is 15.3 Å². The molecule has 1 heterocycles. The second kappa shape index (κ2) is 4.72. The van der Waals surface area contributed by atoms with Crippen molar-refractivity contribution in [2.75, 3.05) is 26.2 Å². The van der Waals surface area contributed by atoms with Crippen molar-refractivity contribution in [2.45, 2.75) is 13.0 Å². The molecule has 5 nitrogen and oxygen atoms in total. The second-order valence-electron chi connectivity index (χ2n) is 3.98. The molecule has 1 aliphatic rings. The van der Waals surface area contributed by atoms with Gasteiger partial charge in [0.25, 0.3) is 0 Å². The molecule has 0 saturated carbocycles. The topological polar surface area (TPSA) is 81.0 Å². The van der Waals surface area contributed by atoms with Crippen LogP contribution >= 0.6 is 0 Å². The van der Waals surface area contributed by atoms with Crippen molar-refractivity contribution >= 4 is 5.97 Å². The predicted octanol–water partition coefficient (Wildman–Crippen LogP) is -1.01. The summed E-state index contributed by atoms with van der Waals surface area (Å²) in [7, 11) is 0. The van der Waals surface area contributed by atoms with E-state index in [4.69, 9.17) is 10.2 Å². The second-order valence-corrected chi connectivity index (χ2v) is 3.98. The molecule has 0 aromatic heterocycles. The first kappa shape index (κ1) is 11.4. The van der Waals surface area contributed by atoms with E-state index in [0.29, 0.717) is 19.6 Å². The number of carbonyl (C=O) groups is 1. The molecule has 1 aliphatic heterocycles. The van der Waals surface area contributed by atoms with Gasteiger partial charge in [0.2, 0.25) is 0 Å². The third-order valence-corrected chi connectivity index (χ3v) is 2.68. The molecule has 0 radical (unpaired) electrons. The molecule has 3 unspecified atom stereocenters. The molecule has 14 heavy (non-hydrogen) atoms. The molecule has 3 N–H and O–H groups in total. The number of aliphatic hydroxyl groups excluding tert-OH is 2. The maximum atomic E-state index is 10.8. The van der Waals surface area contributed by atoms with Crippen LogP contribution in [0.5, 0.6) is 0 Å². The van der Waals surface area contributed by atoms with Crippen molar-refractivity contribution in [3.8, 4) is 0 Å². The number of carboxylic acids is 1. The SMILES string of the molecule is CC1CN(CC(O)CO)CC1C(=O)O. The lowest BCUT2D eigenvalue weighted by Crippen LogP contribution is -2.33. The summed E-state index contributed by atoms with van der Waals surface area (Å²) in [6.07, 6.45) is -0.769. The zero-order valence-corrected chi connectivity index (χ0v) is 8.26. The summed E-state index contributed by atoms with van der Waals surface area (Å²) in [6, 6.07) is 0. The molecule has 0 spiro atoms. The molecule has 1 saturated heterocycles. The fourth-order valence-electron chi connectivity index (χ4n) is 1.89. The van der Waals surface area contributed by atoms with Crippen LogP contribution in [0.25, 0.3) is 0 Å². The number of nitrogens with zero attached hydrogens (tertiary/aromatic N) is 1. The van der Waals surface area contributed by atoms with Crippen LogP contribution in [0, 0.1) is 11.8 Å². The van der Waals surface area contributed by atoms with Gasteiger partial charge in [0.1, 0.15) is 0 Å². The van der Waals surface area contributed by atoms with Gasteiger partial charge in [-0.05, 0) is 5.92 Å². The number of β-amino-alcohol motifs (C(OH)–C–C–N with tert-alkyl or cyclic N) is 1. The summed E-state index contributed by atoms with van der Waals surface area (Å²) >= 11 is 0. The molecule has 82 valence electrons. The Morgan fingerprint density at radius 2 is 2.21 bits per heavy atom. The average molecular weight is 203 g/mol. The number of rotatable bonds is 4. The molecule has 0 aromatic carbocycles. The van der Waals surface area contributed by atoms with Crippen molar-refractivity contribution in [2.24, 2.45) is 11.8 Å². The van der Waals surface area contributed by atoms with E-state index in [2.05, 4.69) is 0 Å². The van der Waals surface area contributed by atoms with Crippen molar-refractivity contribution in [1.82, 2.24) is 4.90 Å². The van der Waals surface area contributed by atoms with Gasteiger partial charge in [0.15, 0.2) is 0 Å². The smallest absolute Gasteiger partial charge is 0.308 e. The highest BCUT2D eigenvalue weighted by molar-refractivity contribution is 5.71. The highest BCUT2D eigenvalue weighted by Gasteiger charge is 2.34. The third kappa shape index (κ3) is 2.67. The van der Waals surface area contributed by atoms with Crippen LogP contribution in [-0.2, 0) is 4.79 Å². The van der Waals surface area contributed by atoms with Crippen molar-refractivity contribution in [3.05, 3.63) is 0 Å². The maximum Gasteiger partial charge on any atom is 0.308 e. The van der Waals surface area contributed by atoms with Crippen LogP contribution < -0.4 is 0 Å². The predicted molar refractivity (Wildman–Crippen MR) is 49.8 cm³/mol. The lowest BCUT2D eigenvalue weighted by Gasteiger charge is -2.17. The first-order valence-electron chi connectivity index (χ1n) is 4.78. The average Bonchev–Trinajstić information content (AvgIpc) is 2.46. The molecule has 3 atom stereocenters. The monoisotopic (exact) mass is 203 g/mol. The normalized spacial score (nSPS) is 30.5. The zero-order valence-electron chi connectivity index (χ0n) is 8.26. The third-order valence-electron chi connectivity index (χ3n) is 2.68. The minimum Gasteiger partial charge on any atom is -0.481 e. The molecule has 0 aromatic rings. The molecule has 0 amide bonds. The molecule has 0 bridgehead atoms. The summed E-state index contributed by atoms with van der Waals surface area (Å²) in [5.74, 6) is -1.02. The maximum absolute atomic E-state index is 10.8. The number of carboxylic acid groups (broad SMARTS) is 1. The largest absolute Gasteiger partial charge is 0.481 e. The number of hydrogen-bond acceptors (Lipinski definition) is 4. The van der Waals surface area contributed by atoms with E-state index in [1.165, 1.54) is 0 Å². The van der Waals surface area contributed by atoms with Gasteiger partial charge in [-0.1, -0.05) is 6.92 Å². The Morgan fingerprint density at radius 3 is 2.64 bits per heavy atom. The minimum absolute atomic E-state index is 0.110. The highest BCUT2D eigenvalue weighted by atomic mass is 16.4. The van der Waals surface area contributed by atoms with Gasteiger partial charge in [-0.3, -0.25) is 9.69 Å². The lowest BCUT2D eigenvalue weighted by atomic mass is 9.99. The van der Waals surface area contributed by atoms with E-state index in [0.717, 1.165) is 0 Å². The summed E-state index contributed by atoms with van der Waals surface area (Å²) in [6.45, 7) is 3.11. The van der Waals surface area contributed by atoms with E-state index < -0.39 is 12.1 Å². The first-order chi connectivity index (χ1) is 6.54. The van der Waals surface area contributed by atoms with Crippen molar-refractivity contribution < 1.29 is 20.1 Å². The highest BCUT2D eigenvalue weighted by Crippen LogP contribution is 2.22. The summed E-state index contributed by atoms with van der Waals surface area (Å²) < 4.78 is 0. The van der Waals surface area contributed by atoms with Crippen LogP contribution in [0.15, 0.2) is 0 Å². The lowest BCUT2D eigenvalue weighted by molar-refractivity contribution is -0.142. The number of likely N-dealkylation sites (tertiary alicyclic amines) is 1. The number of aliphatic carboxylic acids is 1. The van der Waals surface area contributed by atoms with E-state index in [1.54, 1.807) is 0 Å². The number of aliphatic hydroxyl groups is 2. The first-order valence-corrected chi connectivity index (χ1v) is 4.78. The molecule has 0 aliphatic carbocycles. The summed E-state index contributed by atoms with van der Waals surface area (Å²) in [4.78, 5) is 12.7. The fraction of sp³-hybridized carbons (Fsp3) is 0.889. The van der Waals surface area contributed by atoms with E-state index in [9.17, 15) is 9.90 Å². The number of hydrogen-bond donors (Lipinski definition) is 3. The van der Waals surface area contributed by atoms with E-state index in [1.807, 2.05) is 11.8 Å². The Balaban J connectivity index is 2.42. The van der Waals surface area contributed by atoms with E-state index in [-0.39, 0.29) is 18.4 Å². The van der Waals surface area contributed by atoms with Gasteiger partial charge in [-0.25, -0.2) is 0 Å². The summed E-state index contributed by atoms with van der Waals surface area (Å²) in [5, 5.41) is 26.7. The van der Waals surface area contributed by atoms with Gasteiger partial charge in [0, 0.05) is 19.6 Å². The van der Waals surface area contributed by atoms with Crippen LogP contribution in [0.3, 0.4) is 0 Å². The Hall–Kier alpha value is -0.650. The minimum atomic E-state index is -0.779. The molecule has 1 rings (SSSR count). The molecular formula is C9H17NO4. The standard InChI is InChI=1S/C9H17NO4/c1-6-2-10(3-7(12)5-11)4-8(6)9(13)14/h6-8,11-12H,2-5H2,1H3,(H,13,14). The van der Waals surface area contributed by atoms with Crippen LogP contribution in [-0.4, -0.2) is 58.5 Å². The Labute approximate surface area is 83.0 Å². The van der Waals surface area contributed by atoms with Crippen LogP contribution in [0.2, 0.25) is 0 Å². The quantitative estimate of drug-likeness (QED) is 0.545. The van der Waals surface area contributed by atoms with Crippen molar-refractivity contribution in [3.63, 3.8) is 0 Å². The van der Waals surface area contributed by atoms with Crippen LogP contribution in [0.4, 0.5) is 0 Å². The Morgan fingerprint density at radius 1 is 1.57 bits per heavy atom. The molecular weight excluding hydrogens is 186 g/mol. The van der Waals surface area contributed by atoms with Gasteiger partial charge in [0.05, 0.1) is 18.6 Å². The molecule has 1 fully saturated rings. The van der Waals surface area contributed by atoms with Gasteiger partial charge in [-0.2, -0.15) is 0 Å².